The second kappa shape index (κ2) is 9.61. The predicted octanol–water partition coefficient (Wildman–Crippen LogP) is 2.42. The Balaban J connectivity index is 1.72. The van der Waals surface area contributed by atoms with E-state index in [1.807, 2.05) is 18.2 Å². The van der Waals surface area contributed by atoms with Crippen LogP contribution in [0.3, 0.4) is 0 Å². The maximum Gasteiger partial charge on any atom is 0.139 e. The third-order valence-corrected chi connectivity index (χ3v) is 6.01. The van der Waals surface area contributed by atoms with Crippen molar-refractivity contribution in [2.24, 2.45) is 11.5 Å². The molecule has 1 saturated carbocycles. The van der Waals surface area contributed by atoms with E-state index >= 15 is 0 Å². The summed E-state index contributed by atoms with van der Waals surface area (Å²) >= 11 is 0. The summed E-state index contributed by atoms with van der Waals surface area (Å²) in [6.07, 6.45) is 1.90. The molecular weight excluding hydrogens is 359 g/mol. The number of hydrogen-bond donors (Lipinski definition) is 4. The molecule has 3 rings (SSSR count). The lowest BCUT2D eigenvalue weighted by Crippen LogP contribution is -2.51. The summed E-state index contributed by atoms with van der Waals surface area (Å²) in [5.74, 6) is 0. The van der Waals surface area contributed by atoms with E-state index < -0.39 is 24.9 Å². The molecule has 0 saturated heterocycles. The van der Waals surface area contributed by atoms with Crippen molar-refractivity contribution in [1.29, 1.82) is 0 Å². The van der Waals surface area contributed by atoms with E-state index in [4.69, 9.17) is 16.2 Å². The summed E-state index contributed by atoms with van der Waals surface area (Å²) in [5.41, 5.74) is 14.3. The van der Waals surface area contributed by atoms with Crippen molar-refractivity contribution in [3.05, 3.63) is 34.9 Å². The Morgan fingerprint density at radius 2 is 2.07 bits per heavy atom. The number of fused-ring (bicyclic) bond motifs is 1. The molecule has 6 nitrogen and oxygen atoms in total. The van der Waals surface area contributed by atoms with E-state index in [2.05, 4.69) is 17.1 Å². The number of rotatable bonds is 8. The molecular formula is C21H35FN4O2. The largest absolute Gasteiger partial charge is 0.374 e. The molecule has 0 amide bonds. The van der Waals surface area contributed by atoms with Gasteiger partial charge in [0.05, 0.1) is 0 Å². The number of aliphatic hydroxyl groups is 1. The van der Waals surface area contributed by atoms with Crippen LogP contribution in [0.2, 0.25) is 0 Å². The molecule has 6 N–H and O–H groups in total. The van der Waals surface area contributed by atoms with Crippen LogP contribution in [0, 0.1) is 0 Å². The molecule has 158 valence electrons. The summed E-state index contributed by atoms with van der Waals surface area (Å²) in [6.45, 7) is 5.24. The molecule has 0 bridgehead atoms. The fourth-order valence-corrected chi connectivity index (χ4v) is 4.37. The number of aliphatic hydroxyl groups excluding tert-OH is 1. The van der Waals surface area contributed by atoms with E-state index in [-0.39, 0.29) is 0 Å². The Labute approximate surface area is 167 Å². The monoisotopic (exact) mass is 394 g/mol. The average molecular weight is 395 g/mol. The second-order valence-electron chi connectivity index (χ2n) is 8.12. The Hall–Kier alpha value is -1.09. The molecule has 2 aliphatic rings. The number of ether oxygens (including phenoxy) is 1. The first-order valence-corrected chi connectivity index (χ1v) is 10.5. The molecule has 1 heterocycles. The number of halogens is 1. The Morgan fingerprint density at radius 1 is 1.32 bits per heavy atom. The molecule has 1 aromatic rings. The zero-order valence-electron chi connectivity index (χ0n) is 17.0. The Morgan fingerprint density at radius 3 is 2.79 bits per heavy atom. The molecule has 1 fully saturated rings. The van der Waals surface area contributed by atoms with Gasteiger partial charge in [0, 0.05) is 24.2 Å². The summed E-state index contributed by atoms with van der Waals surface area (Å²) in [6, 6.07) is 6.46. The number of benzene rings is 1. The third kappa shape index (κ3) is 4.72. The van der Waals surface area contributed by atoms with Gasteiger partial charge in [-0.15, -0.1) is 0 Å². The fraction of sp³-hybridized carbons (Fsp3) is 0.714. The Kier molecular flexibility index (Phi) is 7.42. The van der Waals surface area contributed by atoms with Gasteiger partial charge in [-0.3, -0.25) is 4.90 Å². The van der Waals surface area contributed by atoms with Crippen LogP contribution in [0.15, 0.2) is 18.2 Å². The van der Waals surface area contributed by atoms with Gasteiger partial charge in [-0.2, -0.15) is 0 Å². The minimum absolute atomic E-state index is 0.317. The van der Waals surface area contributed by atoms with Crippen molar-refractivity contribution < 1.29 is 14.2 Å². The van der Waals surface area contributed by atoms with Gasteiger partial charge < -0.3 is 26.6 Å². The quantitative estimate of drug-likeness (QED) is 0.506. The minimum Gasteiger partial charge on any atom is -0.374 e. The first-order valence-electron chi connectivity index (χ1n) is 10.5. The predicted molar refractivity (Wildman–Crippen MR) is 108 cm³/mol. The fourth-order valence-electron chi connectivity index (χ4n) is 4.37. The van der Waals surface area contributed by atoms with Crippen LogP contribution in [0.4, 0.5) is 4.39 Å². The lowest BCUT2D eigenvalue weighted by molar-refractivity contribution is -0.0439. The number of nitrogens with zero attached hydrogens (tertiary/aromatic N) is 1. The number of hydrogen-bond acceptors (Lipinski definition) is 6. The smallest absolute Gasteiger partial charge is 0.139 e. The molecule has 0 aromatic heterocycles. The van der Waals surface area contributed by atoms with Gasteiger partial charge in [0.1, 0.15) is 24.9 Å². The van der Waals surface area contributed by atoms with E-state index in [1.54, 1.807) is 0 Å². The van der Waals surface area contributed by atoms with Gasteiger partial charge >= 0.3 is 0 Å². The van der Waals surface area contributed by atoms with E-state index in [1.165, 1.54) is 19.8 Å². The first kappa shape index (κ1) is 21.6. The maximum absolute atomic E-state index is 13.3. The standard InChI is InChI=1S/C21H35FN4O2/c1-3-10-25-17-6-4-5-7-18(17)26-12-15-9-8-14(11-16(15)21(26)27)20(24)28-19(23)13(2)22/h8-9,11,13,17-21,25,27H,3-7,10,12,23-24H2,1-2H3/t13?,17-,18-,19?,20?,21?/m1/s1. The molecule has 1 aliphatic carbocycles. The van der Waals surface area contributed by atoms with Gasteiger partial charge in [-0.25, -0.2) is 4.39 Å². The van der Waals surface area contributed by atoms with E-state index in [0.717, 1.165) is 43.5 Å². The van der Waals surface area contributed by atoms with Crippen molar-refractivity contribution in [1.82, 2.24) is 10.2 Å². The first-order chi connectivity index (χ1) is 13.4. The second-order valence-corrected chi connectivity index (χ2v) is 8.12. The minimum atomic E-state index is -1.31. The number of nitrogens with two attached hydrogens (primary N) is 2. The molecule has 7 heteroatoms. The molecule has 0 spiro atoms. The van der Waals surface area contributed by atoms with Crippen molar-refractivity contribution in [3.8, 4) is 0 Å². The zero-order valence-corrected chi connectivity index (χ0v) is 17.0. The van der Waals surface area contributed by atoms with Crippen molar-refractivity contribution in [2.75, 3.05) is 6.54 Å². The molecule has 4 unspecified atom stereocenters. The summed E-state index contributed by atoms with van der Waals surface area (Å²) < 4.78 is 18.6. The SMILES string of the molecule is CCCN[C@@H]1CCCC[C@H]1N1Cc2ccc(C(N)OC(N)C(C)F)cc2C1O. The third-order valence-electron chi connectivity index (χ3n) is 6.01. The van der Waals surface area contributed by atoms with E-state index in [0.29, 0.717) is 17.6 Å². The lowest BCUT2D eigenvalue weighted by atomic mass is 9.89. The molecule has 1 aliphatic heterocycles. The summed E-state index contributed by atoms with van der Waals surface area (Å²) in [7, 11) is 0. The van der Waals surface area contributed by atoms with Crippen LogP contribution in [0.1, 0.15) is 75.1 Å². The maximum atomic E-state index is 13.3. The normalized spacial score (nSPS) is 28.7. The van der Waals surface area contributed by atoms with Crippen LogP contribution < -0.4 is 16.8 Å². The number of alkyl halides is 1. The van der Waals surface area contributed by atoms with Gasteiger partial charge in [0.25, 0.3) is 0 Å². The van der Waals surface area contributed by atoms with Crippen LogP contribution in [-0.4, -0.2) is 41.0 Å². The van der Waals surface area contributed by atoms with E-state index in [9.17, 15) is 9.50 Å². The lowest BCUT2D eigenvalue weighted by Gasteiger charge is -2.40. The van der Waals surface area contributed by atoms with Gasteiger partial charge in [0.2, 0.25) is 0 Å². The van der Waals surface area contributed by atoms with Crippen LogP contribution in [0.25, 0.3) is 0 Å². The van der Waals surface area contributed by atoms with Crippen LogP contribution in [0.5, 0.6) is 0 Å². The molecule has 1 aromatic carbocycles. The van der Waals surface area contributed by atoms with Gasteiger partial charge in [-0.1, -0.05) is 31.9 Å². The highest BCUT2D eigenvalue weighted by atomic mass is 19.1. The topological polar surface area (TPSA) is 96.8 Å². The highest BCUT2D eigenvalue weighted by Crippen LogP contribution is 2.38. The molecule has 6 atom stereocenters. The number of nitrogens with one attached hydrogen (secondary N) is 1. The van der Waals surface area contributed by atoms with Crippen molar-refractivity contribution >= 4 is 0 Å². The van der Waals surface area contributed by atoms with Crippen LogP contribution in [-0.2, 0) is 11.3 Å². The van der Waals surface area contributed by atoms with Crippen molar-refractivity contribution in [3.63, 3.8) is 0 Å². The van der Waals surface area contributed by atoms with Gasteiger partial charge in [0.15, 0.2) is 0 Å². The Bertz CT molecular complexity index is 645. The summed E-state index contributed by atoms with van der Waals surface area (Å²) in [5, 5.41) is 14.7. The zero-order chi connectivity index (χ0) is 20.3. The molecule has 28 heavy (non-hydrogen) atoms. The van der Waals surface area contributed by atoms with Crippen LogP contribution >= 0.6 is 0 Å². The van der Waals surface area contributed by atoms with Crippen molar-refractivity contribution in [2.45, 2.75) is 89.4 Å². The van der Waals surface area contributed by atoms with Gasteiger partial charge in [-0.05, 0) is 49.9 Å². The highest BCUT2D eigenvalue weighted by molar-refractivity contribution is 5.37. The highest BCUT2D eigenvalue weighted by Gasteiger charge is 2.38. The summed E-state index contributed by atoms with van der Waals surface area (Å²) in [4.78, 5) is 2.20. The molecule has 0 radical (unpaired) electrons. The average Bonchev–Trinajstić information content (AvgIpc) is 3.02.